The number of hydrogen-bond donors (Lipinski definition) is 1. The van der Waals surface area contributed by atoms with Gasteiger partial charge in [-0.05, 0) is 24.0 Å². The third kappa shape index (κ3) is 3.17. The van der Waals surface area contributed by atoms with Crippen LogP contribution in [0.3, 0.4) is 0 Å². The molecular weight excluding hydrogens is 342 g/mol. The average molecular weight is 365 g/mol. The minimum atomic E-state index is -1.00. The van der Waals surface area contributed by atoms with Crippen molar-refractivity contribution >= 4 is 11.9 Å². The zero-order valence-corrected chi connectivity index (χ0v) is 15.1. The van der Waals surface area contributed by atoms with Crippen LogP contribution in [0.4, 0.5) is 4.79 Å². The predicted molar refractivity (Wildman–Crippen MR) is 100 cm³/mol. The quantitative estimate of drug-likeness (QED) is 0.854. The smallest absolute Gasteiger partial charge is 0.345 e. The van der Waals surface area contributed by atoms with Gasteiger partial charge in [0.2, 0.25) is 5.91 Å². The molecule has 2 aliphatic heterocycles. The molecular formula is C21H23N3O3. The molecule has 2 aromatic carbocycles. The SMILES string of the molecule is NC(=O)[C@@]1(Cc2ccccc2)CC[C@@H]2CN1C(=O)N2OCc1ccccc1. The molecule has 2 fully saturated rings. The van der Waals surface area contributed by atoms with Crippen molar-refractivity contribution in [3.05, 3.63) is 71.8 Å². The van der Waals surface area contributed by atoms with Crippen LogP contribution in [0, 0.1) is 0 Å². The van der Waals surface area contributed by atoms with Crippen LogP contribution in [-0.2, 0) is 22.7 Å². The Morgan fingerprint density at radius 1 is 1.07 bits per heavy atom. The first kappa shape index (κ1) is 17.5. The number of piperidine rings is 1. The maximum absolute atomic E-state index is 13.0. The van der Waals surface area contributed by atoms with E-state index in [4.69, 9.17) is 10.6 Å². The van der Waals surface area contributed by atoms with Gasteiger partial charge < -0.3 is 10.6 Å². The third-order valence-electron chi connectivity index (χ3n) is 5.56. The number of urea groups is 1. The highest BCUT2D eigenvalue weighted by molar-refractivity contribution is 5.91. The van der Waals surface area contributed by atoms with Crippen molar-refractivity contribution in [3.8, 4) is 0 Å². The Morgan fingerprint density at radius 3 is 2.33 bits per heavy atom. The molecule has 2 atom stereocenters. The molecule has 2 aromatic rings. The van der Waals surface area contributed by atoms with E-state index in [-0.39, 0.29) is 12.1 Å². The van der Waals surface area contributed by atoms with Crippen molar-refractivity contribution in [1.29, 1.82) is 0 Å². The summed E-state index contributed by atoms with van der Waals surface area (Å²) < 4.78 is 0. The lowest BCUT2D eigenvalue weighted by atomic mass is 9.80. The van der Waals surface area contributed by atoms with Gasteiger partial charge in [-0.2, -0.15) is 5.06 Å². The van der Waals surface area contributed by atoms with E-state index in [0.29, 0.717) is 32.4 Å². The highest BCUT2D eigenvalue weighted by Crippen LogP contribution is 2.39. The molecule has 6 heteroatoms. The fourth-order valence-electron chi connectivity index (χ4n) is 4.08. The molecule has 2 heterocycles. The number of benzene rings is 2. The molecule has 0 spiro atoms. The van der Waals surface area contributed by atoms with Crippen molar-refractivity contribution in [2.24, 2.45) is 5.73 Å². The number of nitrogens with two attached hydrogens (primary N) is 1. The fraction of sp³-hybridized carbons (Fsp3) is 0.333. The second-order valence-electron chi connectivity index (χ2n) is 7.23. The fourth-order valence-corrected chi connectivity index (χ4v) is 4.08. The number of hydrogen-bond acceptors (Lipinski definition) is 3. The van der Waals surface area contributed by atoms with Crippen LogP contribution in [0.2, 0.25) is 0 Å². The van der Waals surface area contributed by atoms with Crippen molar-refractivity contribution in [1.82, 2.24) is 9.96 Å². The van der Waals surface area contributed by atoms with E-state index in [1.54, 1.807) is 4.90 Å². The number of amides is 3. The van der Waals surface area contributed by atoms with E-state index in [9.17, 15) is 9.59 Å². The first-order chi connectivity index (χ1) is 13.1. The monoisotopic (exact) mass is 365 g/mol. The molecule has 0 aliphatic carbocycles. The molecule has 3 amide bonds. The molecule has 6 nitrogen and oxygen atoms in total. The summed E-state index contributed by atoms with van der Waals surface area (Å²) in [4.78, 5) is 32.9. The second-order valence-corrected chi connectivity index (χ2v) is 7.23. The van der Waals surface area contributed by atoms with E-state index in [1.165, 1.54) is 5.06 Å². The largest absolute Gasteiger partial charge is 0.368 e. The topological polar surface area (TPSA) is 75.9 Å². The summed E-state index contributed by atoms with van der Waals surface area (Å²) in [5.41, 5.74) is 6.80. The molecule has 27 heavy (non-hydrogen) atoms. The number of carbonyl (C=O) groups is 2. The Balaban J connectivity index is 1.54. The number of carbonyl (C=O) groups excluding carboxylic acids is 2. The van der Waals surface area contributed by atoms with E-state index < -0.39 is 11.4 Å². The van der Waals surface area contributed by atoms with Gasteiger partial charge in [0.1, 0.15) is 12.1 Å². The lowest BCUT2D eigenvalue weighted by Crippen LogP contribution is -2.61. The van der Waals surface area contributed by atoms with Gasteiger partial charge in [0, 0.05) is 13.0 Å². The maximum atomic E-state index is 13.0. The summed E-state index contributed by atoms with van der Waals surface area (Å²) >= 11 is 0. The Bertz CT molecular complexity index is 827. The van der Waals surface area contributed by atoms with E-state index >= 15 is 0 Å². The van der Waals surface area contributed by atoms with Gasteiger partial charge in [-0.1, -0.05) is 60.7 Å². The Kier molecular flexibility index (Phi) is 4.58. The molecule has 0 saturated carbocycles. The molecule has 0 unspecified atom stereocenters. The normalized spacial score (nSPS) is 24.3. The van der Waals surface area contributed by atoms with Crippen LogP contribution < -0.4 is 5.73 Å². The number of hydroxylamine groups is 2. The van der Waals surface area contributed by atoms with E-state index in [2.05, 4.69) is 0 Å². The van der Waals surface area contributed by atoms with Crippen LogP contribution >= 0.6 is 0 Å². The van der Waals surface area contributed by atoms with Gasteiger partial charge in [0.25, 0.3) is 0 Å². The number of primary amides is 1. The van der Waals surface area contributed by atoms with Crippen LogP contribution in [0.25, 0.3) is 0 Å². The maximum Gasteiger partial charge on any atom is 0.345 e. The first-order valence-corrected chi connectivity index (χ1v) is 9.22. The van der Waals surface area contributed by atoms with E-state index in [0.717, 1.165) is 11.1 Å². The van der Waals surface area contributed by atoms with Crippen molar-refractivity contribution in [2.45, 2.75) is 37.5 Å². The third-order valence-corrected chi connectivity index (χ3v) is 5.56. The van der Waals surface area contributed by atoms with Crippen LogP contribution in [0.15, 0.2) is 60.7 Å². The summed E-state index contributed by atoms with van der Waals surface area (Å²) in [6, 6.07) is 19.1. The summed E-state index contributed by atoms with van der Waals surface area (Å²) in [6.45, 7) is 0.780. The number of nitrogens with zero attached hydrogens (tertiary/aromatic N) is 2. The standard InChI is InChI=1S/C21H23N3O3/c22-19(25)21(13-16-7-3-1-4-8-16)12-11-18-14-23(21)20(26)24(18)27-15-17-9-5-2-6-10-17/h1-10,18H,11-15H2,(H2,22,25)/t18-,21+/m1/s1. The second kappa shape index (κ2) is 7.04. The van der Waals surface area contributed by atoms with Crippen LogP contribution in [0.1, 0.15) is 24.0 Å². The lowest BCUT2D eigenvalue weighted by Gasteiger charge is -2.41. The average Bonchev–Trinajstić information content (AvgIpc) is 2.96. The number of fused-ring (bicyclic) bond motifs is 2. The molecule has 140 valence electrons. The molecule has 2 aliphatic rings. The molecule has 2 N–H and O–H groups in total. The van der Waals surface area contributed by atoms with Crippen molar-refractivity contribution < 1.29 is 14.4 Å². The predicted octanol–water partition coefficient (Wildman–Crippen LogP) is 2.49. The zero-order valence-electron chi connectivity index (χ0n) is 15.1. The molecule has 0 aromatic heterocycles. The molecule has 2 saturated heterocycles. The molecule has 4 rings (SSSR count). The molecule has 2 bridgehead atoms. The minimum absolute atomic E-state index is 0.0514. The zero-order chi connectivity index (χ0) is 18.9. The first-order valence-electron chi connectivity index (χ1n) is 9.22. The molecule has 0 radical (unpaired) electrons. The summed E-state index contributed by atoms with van der Waals surface area (Å²) in [5, 5.41) is 1.43. The minimum Gasteiger partial charge on any atom is -0.368 e. The van der Waals surface area contributed by atoms with Gasteiger partial charge in [0.15, 0.2) is 0 Å². The Morgan fingerprint density at radius 2 is 1.70 bits per heavy atom. The highest BCUT2D eigenvalue weighted by atomic mass is 16.7. The van der Waals surface area contributed by atoms with Gasteiger partial charge in [-0.25, -0.2) is 4.79 Å². The summed E-state index contributed by atoms with van der Waals surface area (Å²) in [5.74, 6) is -0.455. The van der Waals surface area contributed by atoms with Gasteiger partial charge in [0.05, 0.1) is 6.04 Å². The van der Waals surface area contributed by atoms with Gasteiger partial charge in [-0.15, -0.1) is 0 Å². The Labute approximate surface area is 158 Å². The van der Waals surface area contributed by atoms with Gasteiger partial charge in [-0.3, -0.25) is 9.63 Å². The Hall–Kier alpha value is -2.86. The van der Waals surface area contributed by atoms with E-state index in [1.807, 2.05) is 60.7 Å². The van der Waals surface area contributed by atoms with Crippen LogP contribution in [0.5, 0.6) is 0 Å². The summed E-state index contributed by atoms with van der Waals surface area (Å²) in [6.07, 6.45) is 1.65. The highest BCUT2D eigenvalue weighted by Gasteiger charge is 2.56. The van der Waals surface area contributed by atoms with Crippen LogP contribution in [-0.4, -0.2) is 40.0 Å². The van der Waals surface area contributed by atoms with Crippen molar-refractivity contribution in [3.63, 3.8) is 0 Å². The van der Waals surface area contributed by atoms with Gasteiger partial charge >= 0.3 is 6.03 Å². The number of rotatable bonds is 6. The van der Waals surface area contributed by atoms with Crippen molar-refractivity contribution in [2.75, 3.05) is 6.54 Å². The lowest BCUT2D eigenvalue weighted by molar-refractivity contribution is -0.140. The summed E-state index contributed by atoms with van der Waals surface area (Å²) in [7, 11) is 0.